The third kappa shape index (κ3) is 2.85. The lowest BCUT2D eigenvalue weighted by atomic mass is 9.76. The number of hydrogen-bond donors (Lipinski definition) is 0. The van der Waals surface area contributed by atoms with E-state index in [0.717, 1.165) is 0 Å². The van der Waals surface area contributed by atoms with Crippen molar-refractivity contribution in [1.29, 1.82) is 0 Å². The highest BCUT2D eigenvalue weighted by molar-refractivity contribution is 9.12. The number of carboxylic acid groups (broad SMARTS) is 1. The molecule has 0 aromatic heterocycles. The maximum absolute atomic E-state index is 12.1. The summed E-state index contributed by atoms with van der Waals surface area (Å²) in [5.41, 5.74) is 1.80. The molecule has 0 saturated carbocycles. The molecule has 27 heavy (non-hydrogen) atoms. The van der Waals surface area contributed by atoms with Gasteiger partial charge in [0.1, 0.15) is 21.2 Å². The number of carboxylic acids is 1. The highest BCUT2D eigenvalue weighted by atomic mass is 79.9. The molecule has 0 saturated heterocycles. The van der Waals surface area contributed by atoms with Gasteiger partial charge >= 0.3 is 0 Å². The van der Waals surface area contributed by atoms with Crippen molar-refractivity contribution in [1.82, 2.24) is 0 Å². The summed E-state index contributed by atoms with van der Waals surface area (Å²) in [7, 11) is 0. The number of ketones is 2. The molecule has 2 aliphatic carbocycles. The molecule has 1 aliphatic heterocycles. The van der Waals surface area contributed by atoms with Crippen molar-refractivity contribution in [2.75, 3.05) is 0 Å². The number of benzene rings is 1. The van der Waals surface area contributed by atoms with Crippen LogP contribution in [0, 0.1) is 5.92 Å². The van der Waals surface area contributed by atoms with E-state index >= 15 is 0 Å². The van der Waals surface area contributed by atoms with Crippen LogP contribution in [0.2, 0.25) is 0 Å². The minimum Gasteiger partial charge on any atom is -0.545 e. The number of alkyl halides is 1. The Hall–Kier alpha value is -2.25. The van der Waals surface area contributed by atoms with E-state index in [1.165, 1.54) is 18.2 Å². The molecule has 4 rings (SSSR count). The number of ether oxygens (including phenoxy) is 1. The molecule has 7 heteroatoms. The zero-order valence-corrected chi connectivity index (χ0v) is 16.8. The number of carbonyl (C=O) groups excluding carboxylic acids is 3. The second-order valence-corrected chi connectivity index (χ2v) is 8.05. The monoisotopic (exact) mass is 489 g/mol. The Morgan fingerprint density at radius 2 is 1.85 bits per heavy atom. The lowest BCUT2D eigenvalue weighted by Gasteiger charge is -2.40. The van der Waals surface area contributed by atoms with Crippen LogP contribution >= 0.6 is 31.9 Å². The average Bonchev–Trinajstić information content (AvgIpc) is 2.66. The second-order valence-electron chi connectivity index (χ2n) is 6.27. The molecular weight excluding hydrogens is 480 g/mol. The summed E-state index contributed by atoms with van der Waals surface area (Å²) in [6.45, 7) is 0. The SMILES string of the molecule is O=C1C=CC2=C(c3ccccc3C(=O)[O-])[C@@H]3C=CC(=O)C(Br)[C@@H]3OC2=C1Br. The van der Waals surface area contributed by atoms with Crippen LogP contribution in [0.25, 0.3) is 5.57 Å². The summed E-state index contributed by atoms with van der Waals surface area (Å²) in [6.07, 6.45) is 5.59. The van der Waals surface area contributed by atoms with E-state index in [4.69, 9.17) is 4.74 Å². The number of allylic oxidation sites excluding steroid dienone is 4. The van der Waals surface area contributed by atoms with E-state index in [1.807, 2.05) is 0 Å². The molecule has 0 fully saturated rings. The molecule has 3 aliphatic rings. The van der Waals surface area contributed by atoms with Crippen molar-refractivity contribution in [3.8, 4) is 0 Å². The van der Waals surface area contributed by atoms with Crippen LogP contribution in [-0.2, 0) is 14.3 Å². The highest BCUT2D eigenvalue weighted by Crippen LogP contribution is 2.47. The van der Waals surface area contributed by atoms with Gasteiger partial charge in [0.05, 0.1) is 5.97 Å². The molecular formula is C20H11Br2O5-. The summed E-state index contributed by atoms with van der Waals surface area (Å²) in [5, 5.41) is 11.7. The smallest absolute Gasteiger partial charge is 0.196 e. The van der Waals surface area contributed by atoms with Gasteiger partial charge in [-0.25, -0.2) is 0 Å². The van der Waals surface area contributed by atoms with Crippen molar-refractivity contribution in [3.63, 3.8) is 0 Å². The third-order valence-corrected chi connectivity index (χ3v) is 6.48. The van der Waals surface area contributed by atoms with E-state index in [9.17, 15) is 19.5 Å². The topological polar surface area (TPSA) is 83.5 Å². The van der Waals surface area contributed by atoms with Crippen molar-refractivity contribution in [2.45, 2.75) is 10.9 Å². The second kappa shape index (κ2) is 6.73. The Morgan fingerprint density at radius 1 is 1.11 bits per heavy atom. The van der Waals surface area contributed by atoms with Crippen LogP contribution < -0.4 is 5.11 Å². The number of aromatic carboxylic acids is 1. The lowest BCUT2D eigenvalue weighted by molar-refractivity contribution is -0.255. The van der Waals surface area contributed by atoms with Gasteiger partial charge < -0.3 is 14.6 Å². The molecule has 0 spiro atoms. The van der Waals surface area contributed by atoms with Gasteiger partial charge in [0.25, 0.3) is 0 Å². The van der Waals surface area contributed by atoms with Gasteiger partial charge in [-0.05, 0) is 45.3 Å². The quantitative estimate of drug-likeness (QED) is 0.594. The van der Waals surface area contributed by atoms with Gasteiger partial charge in [-0.1, -0.05) is 46.3 Å². The van der Waals surface area contributed by atoms with Crippen LogP contribution in [-0.4, -0.2) is 28.5 Å². The number of halogens is 2. The summed E-state index contributed by atoms with van der Waals surface area (Å²) in [6, 6.07) is 6.53. The van der Waals surface area contributed by atoms with Gasteiger partial charge in [-0.2, -0.15) is 0 Å². The summed E-state index contributed by atoms with van der Waals surface area (Å²) >= 11 is 6.64. The first-order valence-corrected chi connectivity index (χ1v) is 9.81. The Morgan fingerprint density at radius 3 is 2.59 bits per heavy atom. The van der Waals surface area contributed by atoms with Crippen LogP contribution in [0.5, 0.6) is 0 Å². The predicted octanol–water partition coefficient (Wildman–Crippen LogP) is 2.47. The number of rotatable bonds is 2. The Bertz CT molecular complexity index is 1010. The van der Waals surface area contributed by atoms with Crippen LogP contribution in [0.3, 0.4) is 0 Å². The molecule has 0 radical (unpaired) electrons. The van der Waals surface area contributed by atoms with Gasteiger partial charge in [0.2, 0.25) is 0 Å². The van der Waals surface area contributed by atoms with E-state index in [1.54, 1.807) is 30.4 Å². The molecule has 5 nitrogen and oxygen atoms in total. The van der Waals surface area contributed by atoms with E-state index in [-0.39, 0.29) is 27.5 Å². The summed E-state index contributed by atoms with van der Waals surface area (Å²) < 4.78 is 6.27. The van der Waals surface area contributed by atoms with E-state index in [0.29, 0.717) is 22.5 Å². The molecule has 0 N–H and O–H groups in total. The van der Waals surface area contributed by atoms with Crippen LogP contribution in [0.1, 0.15) is 15.9 Å². The number of hydrogen-bond acceptors (Lipinski definition) is 5. The molecule has 0 bridgehead atoms. The normalized spacial score (nSPS) is 26.7. The third-order valence-electron chi connectivity index (χ3n) is 4.76. The van der Waals surface area contributed by atoms with Crippen molar-refractivity contribution < 1.29 is 24.2 Å². The Kier molecular flexibility index (Phi) is 4.52. The fraction of sp³-hybridized carbons (Fsp3) is 0.150. The lowest BCUT2D eigenvalue weighted by Crippen LogP contribution is -2.43. The number of fused-ring (bicyclic) bond motifs is 2. The average molecular weight is 491 g/mol. The van der Waals surface area contributed by atoms with Crippen molar-refractivity contribution >= 4 is 55.0 Å². The largest absolute Gasteiger partial charge is 0.545 e. The van der Waals surface area contributed by atoms with Crippen LogP contribution in [0.15, 0.2) is 64.4 Å². The van der Waals surface area contributed by atoms with Crippen molar-refractivity contribution in [2.24, 2.45) is 5.92 Å². The van der Waals surface area contributed by atoms with E-state index < -0.39 is 16.9 Å². The van der Waals surface area contributed by atoms with E-state index in [2.05, 4.69) is 31.9 Å². The van der Waals surface area contributed by atoms with Crippen molar-refractivity contribution in [3.05, 3.63) is 75.5 Å². The first-order valence-electron chi connectivity index (χ1n) is 8.10. The summed E-state index contributed by atoms with van der Waals surface area (Å²) in [4.78, 5) is 35.3. The van der Waals surface area contributed by atoms with Gasteiger partial charge in [0.15, 0.2) is 11.6 Å². The maximum Gasteiger partial charge on any atom is 0.196 e. The zero-order valence-electron chi connectivity index (χ0n) is 13.6. The minimum atomic E-state index is -1.30. The minimum absolute atomic E-state index is 0.0397. The first kappa shape index (κ1) is 18.1. The first-order chi connectivity index (χ1) is 12.9. The molecule has 136 valence electrons. The number of carbonyl (C=O) groups is 3. The molecule has 1 aromatic carbocycles. The highest BCUT2D eigenvalue weighted by Gasteiger charge is 2.44. The molecule has 0 amide bonds. The fourth-order valence-corrected chi connectivity index (χ4v) is 4.57. The van der Waals surface area contributed by atoms with Gasteiger partial charge in [-0.3, -0.25) is 9.59 Å². The standard InChI is InChI=1S/C20H12Br2O5/c21-16-13(23)7-5-11-15(9-3-1-2-4-10(9)20(25)26)12-6-8-14(24)17(22)19(12)27-18(11)16/h1-8,11,16,18H,(H,25,26)/p-1/t11-,16?,18+/m0/s1. The Balaban J connectivity index is 2.04. The van der Waals surface area contributed by atoms with Gasteiger partial charge in [-0.15, -0.1) is 0 Å². The zero-order chi connectivity index (χ0) is 19.3. The maximum atomic E-state index is 12.1. The molecule has 1 heterocycles. The molecule has 1 unspecified atom stereocenters. The Labute approximate surface area is 171 Å². The predicted molar refractivity (Wildman–Crippen MR) is 103 cm³/mol. The van der Waals surface area contributed by atoms with Gasteiger partial charge in [0, 0.05) is 17.1 Å². The molecule has 3 atom stereocenters. The fourth-order valence-electron chi connectivity index (χ4n) is 3.54. The molecule has 1 aromatic rings. The van der Waals surface area contributed by atoms with Crippen LogP contribution in [0.4, 0.5) is 0 Å². The summed E-state index contributed by atoms with van der Waals surface area (Å²) in [5.74, 6) is -1.78.